The molecule has 146 valence electrons. The van der Waals surface area contributed by atoms with Crippen LogP contribution in [0.1, 0.15) is 18.1 Å². The molecule has 0 unspecified atom stereocenters. The Morgan fingerprint density at radius 2 is 2.00 bits per heavy atom. The summed E-state index contributed by atoms with van der Waals surface area (Å²) in [5.41, 5.74) is 2.78. The highest BCUT2D eigenvalue weighted by atomic mass is 32.1. The third-order valence-electron chi connectivity index (χ3n) is 4.14. The van der Waals surface area contributed by atoms with Crippen LogP contribution in [0.3, 0.4) is 0 Å². The average molecular weight is 398 g/mol. The molecule has 0 N–H and O–H groups in total. The van der Waals surface area contributed by atoms with Crippen LogP contribution in [0, 0.1) is 6.92 Å². The van der Waals surface area contributed by atoms with Gasteiger partial charge in [-0.2, -0.15) is 4.99 Å². The van der Waals surface area contributed by atoms with Gasteiger partial charge in [-0.15, -0.1) is 0 Å². The lowest BCUT2D eigenvalue weighted by molar-refractivity contribution is -0.143. The molecule has 0 aliphatic carbocycles. The summed E-state index contributed by atoms with van der Waals surface area (Å²) in [5, 5.41) is 0. The second-order valence-corrected chi connectivity index (χ2v) is 7.29. The summed E-state index contributed by atoms with van der Waals surface area (Å²) in [7, 11) is 1.59. The highest BCUT2D eigenvalue weighted by Gasteiger charge is 2.13. The maximum absolute atomic E-state index is 12.6. The number of aromatic nitrogens is 1. The summed E-state index contributed by atoms with van der Waals surface area (Å²) in [6.07, 6.45) is 0.157. The van der Waals surface area contributed by atoms with Crippen molar-refractivity contribution in [3.8, 4) is 5.75 Å². The molecule has 0 aliphatic heterocycles. The first kappa shape index (κ1) is 19.8. The lowest BCUT2D eigenvalue weighted by Crippen LogP contribution is -2.23. The van der Waals surface area contributed by atoms with Gasteiger partial charge in [0, 0.05) is 0 Å². The summed E-state index contributed by atoms with van der Waals surface area (Å²) < 4.78 is 13.0. The molecule has 2 aromatic carbocycles. The van der Waals surface area contributed by atoms with Gasteiger partial charge in [-0.3, -0.25) is 9.59 Å². The number of aryl methyl sites for hydroxylation is 1. The van der Waals surface area contributed by atoms with E-state index in [4.69, 9.17) is 9.47 Å². The summed E-state index contributed by atoms with van der Waals surface area (Å²) in [6.45, 7) is 4.09. The standard InChI is InChI=1S/C21H22N2O4S/c1-4-27-20(25)13-23-17-9-8-14(2)10-18(17)28-21(23)22-19(24)12-15-6-5-7-16(11-15)26-3/h5-11H,4,12-13H2,1-3H3. The van der Waals surface area contributed by atoms with Crippen molar-refractivity contribution in [2.24, 2.45) is 4.99 Å². The van der Waals surface area contributed by atoms with Gasteiger partial charge >= 0.3 is 5.97 Å². The molecule has 0 atom stereocenters. The number of fused-ring (bicyclic) bond motifs is 1. The monoisotopic (exact) mass is 398 g/mol. The number of ether oxygens (including phenoxy) is 2. The minimum Gasteiger partial charge on any atom is -0.497 e. The minimum atomic E-state index is -0.357. The van der Waals surface area contributed by atoms with Crippen molar-refractivity contribution < 1.29 is 19.1 Å². The Bertz CT molecular complexity index is 1080. The molecule has 1 aromatic heterocycles. The van der Waals surface area contributed by atoms with E-state index in [1.54, 1.807) is 18.6 Å². The fourth-order valence-corrected chi connectivity index (χ4v) is 4.00. The fourth-order valence-electron chi connectivity index (χ4n) is 2.86. The van der Waals surface area contributed by atoms with Crippen molar-refractivity contribution in [2.75, 3.05) is 13.7 Å². The second kappa shape index (κ2) is 8.84. The zero-order valence-corrected chi connectivity index (χ0v) is 16.9. The first-order valence-corrected chi connectivity index (χ1v) is 9.78. The van der Waals surface area contributed by atoms with Crippen LogP contribution >= 0.6 is 11.3 Å². The fraction of sp³-hybridized carbons (Fsp3) is 0.286. The van der Waals surface area contributed by atoms with E-state index in [1.807, 2.05) is 49.4 Å². The van der Waals surface area contributed by atoms with Crippen LogP contribution < -0.4 is 9.54 Å². The van der Waals surface area contributed by atoms with Crippen molar-refractivity contribution in [1.29, 1.82) is 0 Å². The maximum atomic E-state index is 12.6. The van der Waals surface area contributed by atoms with Crippen LogP contribution in [-0.2, 0) is 27.3 Å². The van der Waals surface area contributed by atoms with Crippen molar-refractivity contribution in [2.45, 2.75) is 26.8 Å². The molecule has 28 heavy (non-hydrogen) atoms. The average Bonchev–Trinajstić information content (AvgIpc) is 2.98. The van der Waals surface area contributed by atoms with E-state index in [9.17, 15) is 9.59 Å². The Morgan fingerprint density at radius 3 is 2.75 bits per heavy atom. The van der Waals surface area contributed by atoms with Crippen LogP contribution in [0.15, 0.2) is 47.5 Å². The number of amides is 1. The SMILES string of the molecule is CCOC(=O)Cn1c(=NC(=O)Cc2cccc(OC)c2)sc2cc(C)ccc21. The van der Waals surface area contributed by atoms with E-state index in [-0.39, 0.29) is 24.8 Å². The smallest absolute Gasteiger partial charge is 0.326 e. The molecule has 0 radical (unpaired) electrons. The van der Waals surface area contributed by atoms with Gasteiger partial charge < -0.3 is 14.0 Å². The zero-order valence-electron chi connectivity index (χ0n) is 16.1. The van der Waals surface area contributed by atoms with Gasteiger partial charge in [-0.1, -0.05) is 29.5 Å². The van der Waals surface area contributed by atoms with Gasteiger partial charge in [0.1, 0.15) is 12.3 Å². The number of thiazole rings is 1. The minimum absolute atomic E-state index is 0.0160. The molecule has 1 heterocycles. The normalized spacial score (nSPS) is 11.6. The third kappa shape index (κ3) is 4.67. The van der Waals surface area contributed by atoms with E-state index < -0.39 is 0 Å². The van der Waals surface area contributed by atoms with Crippen molar-refractivity contribution in [3.05, 3.63) is 58.4 Å². The van der Waals surface area contributed by atoms with E-state index in [0.717, 1.165) is 21.3 Å². The number of hydrogen-bond acceptors (Lipinski definition) is 5. The van der Waals surface area contributed by atoms with Crippen LogP contribution in [0.25, 0.3) is 10.2 Å². The quantitative estimate of drug-likeness (QED) is 0.598. The van der Waals surface area contributed by atoms with E-state index >= 15 is 0 Å². The van der Waals surface area contributed by atoms with Crippen LogP contribution in [-0.4, -0.2) is 30.2 Å². The summed E-state index contributed by atoms with van der Waals surface area (Å²) >= 11 is 1.39. The molecule has 0 saturated carbocycles. The zero-order chi connectivity index (χ0) is 20.1. The molecule has 0 spiro atoms. The topological polar surface area (TPSA) is 69.9 Å². The Balaban J connectivity index is 1.97. The Hall–Kier alpha value is -2.93. The van der Waals surface area contributed by atoms with E-state index in [1.165, 1.54) is 11.3 Å². The predicted molar refractivity (Wildman–Crippen MR) is 108 cm³/mol. The van der Waals surface area contributed by atoms with E-state index in [2.05, 4.69) is 4.99 Å². The molecule has 7 heteroatoms. The van der Waals surface area contributed by atoms with Crippen molar-refractivity contribution in [1.82, 2.24) is 4.57 Å². The third-order valence-corrected chi connectivity index (χ3v) is 5.18. The molecule has 1 amide bonds. The van der Waals surface area contributed by atoms with Gasteiger partial charge in [0.05, 0.1) is 30.4 Å². The number of methoxy groups -OCH3 is 1. The van der Waals surface area contributed by atoms with Crippen LogP contribution in [0.2, 0.25) is 0 Å². The van der Waals surface area contributed by atoms with Gasteiger partial charge in [0.2, 0.25) is 0 Å². The molecule has 3 aromatic rings. The van der Waals surface area contributed by atoms with Crippen molar-refractivity contribution in [3.63, 3.8) is 0 Å². The summed E-state index contributed by atoms with van der Waals surface area (Å²) in [4.78, 5) is 29.4. The van der Waals surface area contributed by atoms with E-state index in [0.29, 0.717) is 17.2 Å². The lowest BCUT2D eigenvalue weighted by Gasteiger charge is -2.05. The largest absolute Gasteiger partial charge is 0.497 e. The molecular formula is C21H22N2O4S. The van der Waals surface area contributed by atoms with Gasteiger partial charge in [0.25, 0.3) is 5.91 Å². The molecule has 0 bridgehead atoms. The summed E-state index contributed by atoms with van der Waals surface area (Å²) in [6, 6.07) is 13.3. The first-order valence-electron chi connectivity index (χ1n) is 8.96. The van der Waals surface area contributed by atoms with Crippen LogP contribution in [0.5, 0.6) is 5.75 Å². The van der Waals surface area contributed by atoms with Gasteiger partial charge in [-0.25, -0.2) is 0 Å². The number of hydrogen-bond donors (Lipinski definition) is 0. The highest BCUT2D eigenvalue weighted by Crippen LogP contribution is 2.19. The van der Waals surface area contributed by atoms with Crippen molar-refractivity contribution >= 4 is 33.4 Å². The number of esters is 1. The Kier molecular flexibility index (Phi) is 6.26. The molecule has 0 fully saturated rings. The number of carbonyl (C=O) groups excluding carboxylic acids is 2. The first-order chi connectivity index (χ1) is 13.5. The second-order valence-electron chi connectivity index (χ2n) is 6.28. The van der Waals surface area contributed by atoms with Gasteiger partial charge in [0.15, 0.2) is 4.80 Å². The molecule has 0 aliphatic rings. The number of carbonyl (C=O) groups is 2. The molecule has 0 saturated heterocycles. The number of nitrogens with zero attached hydrogens (tertiary/aromatic N) is 2. The Labute approximate surface area is 167 Å². The number of rotatable bonds is 6. The maximum Gasteiger partial charge on any atom is 0.326 e. The Morgan fingerprint density at radius 1 is 1.18 bits per heavy atom. The predicted octanol–water partition coefficient (Wildman–Crippen LogP) is 3.25. The summed E-state index contributed by atoms with van der Waals surface area (Å²) in [5.74, 6) is 0.0543. The number of benzene rings is 2. The van der Waals surface area contributed by atoms with Gasteiger partial charge in [-0.05, 0) is 49.2 Å². The van der Waals surface area contributed by atoms with Crippen LogP contribution in [0.4, 0.5) is 0 Å². The lowest BCUT2D eigenvalue weighted by atomic mass is 10.1. The molecule has 6 nitrogen and oxygen atoms in total. The molecule has 3 rings (SSSR count). The highest BCUT2D eigenvalue weighted by molar-refractivity contribution is 7.16. The molecular weight excluding hydrogens is 376 g/mol.